The second-order valence-electron chi connectivity index (χ2n) is 8.09. The highest BCUT2D eigenvalue weighted by molar-refractivity contribution is 7.89. The summed E-state index contributed by atoms with van der Waals surface area (Å²) < 4.78 is 27.4. The minimum atomic E-state index is -3.50. The molecule has 3 aliphatic rings. The van der Waals surface area contributed by atoms with Gasteiger partial charge in [-0.2, -0.15) is 4.31 Å². The van der Waals surface area contributed by atoms with E-state index in [1.54, 1.807) is 28.6 Å². The topological polar surface area (TPSA) is 69.7 Å². The Kier molecular flexibility index (Phi) is 5.27. The summed E-state index contributed by atoms with van der Waals surface area (Å²) in [6, 6.07) is 8.58. The molecule has 1 aromatic carbocycles. The van der Waals surface area contributed by atoms with Crippen molar-refractivity contribution >= 4 is 15.9 Å². The Morgan fingerprint density at radius 1 is 1.04 bits per heavy atom. The first-order valence-corrected chi connectivity index (χ1v) is 11.5. The van der Waals surface area contributed by atoms with E-state index in [1.807, 2.05) is 11.0 Å². The smallest absolute Gasteiger partial charge is 0.243 e. The SMILES string of the molecule is O=C(N1CCCN(S(=O)(=O)c2ccccc2)CC1)[C@@]12CCCC[C@H]1CNC2. The van der Waals surface area contributed by atoms with Crippen molar-refractivity contribution in [2.75, 3.05) is 39.3 Å². The fourth-order valence-electron chi connectivity index (χ4n) is 5.06. The number of fused-ring (bicyclic) bond motifs is 1. The second kappa shape index (κ2) is 7.53. The molecule has 1 aromatic rings. The first-order valence-electron chi connectivity index (χ1n) is 10.1. The maximum atomic E-state index is 13.5. The normalized spacial score (nSPS) is 29.9. The van der Waals surface area contributed by atoms with E-state index in [9.17, 15) is 13.2 Å². The molecule has 2 heterocycles. The van der Waals surface area contributed by atoms with Crippen LogP contribution in [-0.4, -0.2) is 62.8 Å². The van der Waals surface area contributed by atoms with Crippen molar-refractivity contribution in [1.29, 1.82) is 0 Å². The Labute approximate surface area is 162 Å². The van der Waals surface area contributed by atoms with Crippen LogP contribution in [0.3, 0.4) is 0 Å². The number of hydrogen-bond donors (Lipinski definition) is 1. The van der Waals surface area contributed by atoms with Gasteiger partial charge in [-0.1, -0.05) is 31.0 Å². The van der Waals surface area contributed by atoms with Gasteiger partial charge >= 0.3 is 0 Å². The molecule has 1 saturated carbocycles. The molecule has 0 radical (unpaired) electrons. The van der Waals surface area contributed by atoms with Gasteiger partial charge in [0, 0.05) is 32.7 Å². The lowest BCUT2D eigenvalue weighted by Gasteiger charge is -2.40. The van der Waals surface area contributed by atoms with Crippen LogP contribution in [0.2, 0.25) is 0 Å². The molecule has 7 heteroatoms. The summed E-state index contributed by atoms with van der Waals surface area (Å²) in [5.41, 5.74) is -0.258. The van der Waals surface area contributed by atoms with Gasteiger partial charge < -0.3 is 10.2 Å². The quantitative estimate of drug-likeness (QED) is 0.851. The number of carbonyl (C=O) groups is 1. The molecule has 1 N–H and O–H groups in total. The van der Waals surface area contributed by atoms with Gasteiger partial charge in [0.25, 0.3) is 0 Å². The van der Waals surface area contributed by atoms with Crippen LogP contribution in [0.25, 0.3) is 0 Å². The second-order valence-corrected chi connectivity index (χ2v) is 10.0. The summed E-state index contributed by atoms with van der Waals surface area (Å²) in [4.78, 5) is 15.7. The van der Waals surface area contributed by atoms with Crippen LogP contribution < -0.4 is 5.32 Å². The van der Waals surface area contributed by atoms with Gasteiger partial charge in [-0.25, -0.2) is 8.42 Å². The maximum Gasteiger partial charge on any atom is 0.243 e. The van der Waals surface area contributed by atoms with Crippen molar-refractivity contribution in [3.8, 4) is 0 Å². The Morgan fingerprint density at radius 3 is 2.67 bits per heavy atom. The van der Waals surface area contributed by atoms with Gasteiger partial charge in [0.2, 0.25) is 15.9 Å². The van der Waals surface area contributed by atoms with E-state index >= 15 is 0 Å². The Morgan fingerprint density at radius 2 is 1.85 bits per heavy atom. The van der Waals surface area contributed by atoms with E-state index in [2.05, 4.69) is 5.32 Å². The summed E-state index contributed by atoms with van der Waals surface area (Å²) in [5.74, 6) is 0.683. The highest BCUT2D eigenvalue weighted by Gasteiger charge is 2.51. The maximum absolute atomic E-state index is 13.5. The number of hydrogen-bond acceptors (Lipinski definition) is 4. The molecular weight excluding hydrogens is 362 g/mol. The molecule has 2 aliphatic heterocycles. The lowest BCUT2D eigenvalue weighted by atomic mass is 9.67. The number of nitrogens with zero attached hydrogens (tertiary/aromatic N) is 2. The van der Waals surface area contributed by atoms with E-state index in [-0.39, 0.29) is 11.3 Å². The average Bonchev–Trinajstić information content (AvgIpc) is 2.98. The molecule has 0 unspecified atom stereocenters. The summed E-state index contributed by atoms with van der Waals surface area (Å²) in [6.45, 7) is 3.69. The van der Waals surface area contributed by atoms with Crippen molar-refractivity contribution in [2.45, 2.75) is 37.0 Å². The molecule has 0 bridgehead atoms. The fraction of sp³-hybridized carbons (Fsp3) is 0.650. The molecule has 4 rings (SSSR count). The Bertz CT molecular complexity index is 783. The number of benzene rings is 1. The molecular formula is C20H29N3O3S. The fourth-order valence-corrected chi connectivity index (χ4v) is 6.55. The molecule has 0 spiro atoms. The van der Waals surface area contributed by atoms with Crippen molar-refractivity contribution in [2.24, 2.45) is 11.3 Å². The van der Waals surface area contributed by atoms with Gasteiger partial charge in [-0.05, 0) is 43.9 Å². The first kappa shape index (κ1) is 18.9. The predicted octanol–water partition coefficient (Wildman–Crippen LogP) is 1.69. The van der Waals surface area contributed by atoms with Crippen molar-refractivity contribution in [1.82, 2.24) is 14.5 Å². The monoisotopic (exact) mass is 391 g/mol. The van der Waals surface area contributed by atoms with Crippen LogP contribution in [-0.2, 0) is 14.8 Å². The van der Waals surface area contributed by atoms with Crippen LogP contribution >= 0.6 is 0 Å². The van der Waals surface area contributed by atoms with Gasteiger partial charge in [-0.15, -0.1) is 0 Å². The van der Waals surface area contributed by atoms with Crippen LogP contribution in [0.1, 0.15) is 32.1 Å². The summed E-state index contributed by atoms with van der Waals surface area (Å²) in [7, 11) is -3.50. The lowest BCUT2D eigenvalue weighted by Crippen LogP contribution is -2.50. The van der Waals surface area contributed by atoms with Crippen molar-refractivity contribution in [3.63, 3.8) is 0 Å². The van der Waals surface area contributed by atoms with E-state index in [4.69, 9.17) is 0 Å². The molecule has 148 valence electrons. The third-order valence-electron chi connectivity index (χ3n) is 6.59. The standard InChI is InChI=1S/C20H29N3O3S/c24-19(20-10-5-4-7-17(20)15-21-16-20)22-11-6-12-23(14-13-22)27(25,26)18-8-2-1-3-9-18/h1-3,8-9,17,21H,4-7,10-16H2/t17-,20+/m0/s1. The summed E-state index contributed by atoms with van der Waals surface area (Å²) in [5, 5.41) is 3.44. The van der Waals surface area contributed by atoms with Gasteiger partial charge in [0.05, 0.1) is 10.3 Å². The molecule has 3 fully saturated rings. The number of sulfonamides is 1. The zero-order valence-electron chi connectivity index (χ0n) is 15.8. The number of nitrogens with one attached hydrogen (secondary N) is 1. The zero-order valence-corrected chi connectivity index (χ0v) is 16.6. The van der Waals surface area contributed by atoms with E-state index in [1.165, 1.54) is 6.42 Å². The highest BCUT2D eigenvalue weighted by atomic mass is 32.2. The van der Waals surface area contributed by atoms with Crippen LogP contribution in [0, 0.1) is 11.3 Å². The van der Waals surface area contributed by atoms with Gasteiger partial charge in [0.1, 0.15) is 0 Å². The first-order chi connectivity index (χ1) is 13.0. The summed E-state index contributed by atoms with van der Waals surface area (Å²) in [6.07, 6.45) is 5.11. The minimum Gasteiger partial charge on any atom is -0.341 e. The van der Waals surface area contributed by atoms with E-state index in [0.29, 0.717) is 43.4 Å². The molecule has 6 nitrogen and oxygen atoms in total. The van der Waals surface area contributed by atoms with Crippen molar-refractivity contribution in [3.05, 3.63) is 30.3 Å². The molecule has 0 aromatic heterocycles. The molecule has 2 atom stereocenters. The molecule has 1 aliphatic carbocycles. The van der Waals surface area contributed by atoms with Crippen LogP contribution in [0.5, 0.6) is 0 Å². The average molecular weight is 392 g/mol. The van der Waals surface area contributed by atoms with E-state index < -0.39 is 10.0 Å². The largest absolute Gasteiger partial charge is 0.341 e. The van der Waals surface area contributed by atoms with Gasteiger partial charge in [0.15, 0.2) is 0 Å². The number of carbonyl (C=O) groups excluding carboxylic acids is 1. The highest BCUT2D eigenvalue weighted by Crippen LogP contribution is 2.45. The summed E-state index contributed by atoms with van der Waals surface area (Å²) >= 11 is 0. The van der Waals surface area contributed by atoms with Crippen molar-refractivity contribution < 1.29 is 13.2 Å². The molecule has 2 saturated heterocycles. The molecule has 1 amide bonds. The number of amides is 1. The molecule has 27 heavy (non-hydrogen) atoms. The Hall–Kier alpha value is -1.44. The third kappa shape index (κ3) is 3.41. The minimum absolute atomic E-state index is 0.246. The lowest BCUT2D eigenvalue weighted by molar-refractivity contribution is -0.145. The van der Waals surface area contributed by atoms with Gasteiger partial charge in [-0.3, -0.25) is 4.79 Å². The Balaban J connectivity index is 1.48. The van der Waals surface area contributed by atoms with Crippen LogP contribution in [0.15, 0.2) is 35.2 Å². The third-order valence-corrected chi connectivity index (χ3v) is 8.50. The zero-order chi connectivity index (χ0) is 18.9. The van der Waals surface area contributed by atoms with E-state index in [0.717, 1.165) is 32.4 Å². The number of rotatable bonds is 3. The van der Waals surface area contributed by atoms with Crippen LogP contribution in [0.4, 0.5) is 0 Å². The predicted molar refractivity (Wildman–Crippen MR) is 104 cm³/mol.